The fraction of sp³-hybridized carbons (Fsp3) is 0.444. The minimum absolute atomic E-state index is 0.186. The van der Waals surface area contributed by atoms with E-state index in [0.29, 0.717) is 0 Å². The highest BCUT2D eigenvalue weighted by molar-refractivity contribution is 5.89. The molecule has 1 amide bonds. The zero-order chi connectivity index (χ0) is 12.7. The molecule has 90 valence electrons. The molecule has 0 saturated carbocycles. The average Bonchev–Trinajstić information content (AvgIpc) is 2.16. The number of rotatable bonds is 7. The van der Waals surface area contributed by atoms with Gasteiger partial charge in [0, 0.05) is 0 Å². The zero-order valence-electron chi connectivity index (χ0n) is 8.55. The van der Waals surface area contributed by atoms with E-state index in [-0.39, 0.29) is 6.42 Å². The van der Waals surface area contributed by atoms with Gasteiger partial charge in [-0.25, -0.2) is 4.79 Å². The largest absolute Gasteiger partial charge is 0.481 e. The number of carboxylic acid groups (broad SMARTS) is 2. The third-order valence-electron chi connectivity index (χ3n) is 1.75. The molecule has 0 radical (unpaired) electrons. The Morgan fingerprint density at radius 2 is 1.94 bits per heavy atom. The van der Waals surface area contributed by atoms with Crippen molar-refractivity contribution in [3.05, 3.63) is 12.7 Å². The van der Waals surface area contributed by atoms with Crippen molar-refractivity contribution >= 4 is 17.8 Å². The molecule has 0 aromatic heterocycles. The highest BCUT2D eigenvalue weighted by atomic mass is 16.4. The van der Waals surface area contributed by atoms with Crippen LogP contribution in [-0.2, 0) is 14.4 Å². The van der Waals surface area contributed by atoms with Gasteiger partial charge in [0.1, 0.15) is 6.04 Å². The maximum atomic E-state index is 11.3. The lowest BCUT2D eigenvalue weighted by molar-refractivity contribution is -0.147. The second kappa shape index (κ2) is 6.57. The molecule has 0 aliphatic carbocycles. The molecular weight excluding hydrogens is 216 g/mol. The summed E-state index contributed by atoms with van der Waals surface area (Å²) in [6.07, 6.45) is 0.907. The lowest BCUT2D eigenvalue weighted by atomic mass is 10.1. The number of hydrogen-bond donors (Lipinski definition) is 4. The van der Waals surface area contributed by atoms with Crippen molar-refractivity contribution in [2.75, 3.05) is 0 Å². The topological polar surface area (TPSA) is 130 Å². The van der Waals surface area contributed by atoms with Gasteiger partial charge >= 0.3 is 11.9 Å². The first-order valence-electron chi connectivity index (χ1n) is 4.50. The fourth-order valence-electron chi connectivity index (χ4n) is 0.940. The summed E-state index contributed by atoms with van der Waals surface area (Å²) in [5, 5.41) is 19.1. The predicted molar refractivity (Wildman–Crippen MR) is 54.6 cm³/mol. The minimum atomic E-state index is -1.47. The maximum absolute atomic E-state index is 11.3. The molecule has 0 spiro atoms. The second-order valence-electron chi connectivity index (χ2n) is 3.13. The summed E-state index contributed by atoms with van der Waals surface area (Å²) in [6.45, 7) is 3.38. The van der Waals surface area contributed by atoms with E-state index in [2.05, 4.69) is 6.58 Å². The predicted octanol–water partition coefficient (Wildman–Crippen LogP) is -1.07. The Kier molecular flexibility index (Phi) is 5.79. The van der Waals surface area contributed by atoms with Crippen molar-refractivity contribution in [1.29, 1.82) is 0 Å². The summed E-state index contributed by atoms with van der Waals surface area (Å²) >= 11 is 0. The van der Waals surface area contributed by atoms with Gasteiger partial charge in [0.15, 0.2) is 0 Å². The van der Waals surface area contributed by atoms with Gasteiger partial charge in [0.25, 0.3) is 0 Å². The molecule has 16 heavy (non-hydrogen) atoms. The van der Waals surface area contributed by atoms with Gasteiger partial charge < -0.3 is 21.3 Å². The van der Waals surface area contributed by atoms with Gasteiger partial charge in [-0.05, 0) is 6.42 Å². The van der Waals surface area contributed by atoms with Crippen LogP contribution in [0.25, 0.3) is 0 Å². The number of amides is 1. The number of hydrogen-bond acceptors (Lipinski definition) is 4. The summed E-state index contributed by atoms with van der Waals surface area (Å²) in [7, 11) is 0. The van der Waals surface area contributed by atoms with Crippen molar-refractivity contribution in [2.24, 2.45) is 5.73 Å². The first-order chi connectivity index (χ1) is 7.38. The van der Waals surface area contributed by atoms with Gasteiger partial charge in [-0.15, -0.1) is 6.58 Å². The number of nitrogens with two attached hydrogens (primary N) is 1. The van der Waals surface area contributed by atoms with Crippen LogP contribution in [0.15, 0.2) is 12.7 Å². The third kappa shape index (κ3) is 5.11. The van der Waals surface area contributed by atoms with Crippen LogP contribution in [0.3, 0.4) is 0 Å². The Labute approximate surface area is 91.9 Å². The van der Waals surface area contributed by atoms with E-state index in [4.69, 9.17) is 15.9 Å². The first kappa shape index (κ1) is 14.1. The molecular formula is C9H14N2O5. The Morgan fingerprint density at radius 1 is 1.38 bits per heavy atom. The van der Waals surface area contributed by atoms with E-state index in [1.165, 1.54) is 6.08 Å². The monoisotopic (exact) mass is 230 g/mol. The van der Waals surface area contributed by atoms with E-state index in [1.54, 1.807) is 0 Å². The van der Waals surface area contributed by atoms with Crippen LogP contribution in [0.5, 0.6) is 0 Å². The Bertz CT molecular complexity index is 302. The van der Waals surface area contributed by atoms with Gasteiger partial charge in [-0.2, -0.15) is 0 Å². The zero-order valence-corrected chi connectivity index (χ0v) is 8.55. The minimum Gasteiger partial charge on any atom is -0.481 e. The van der Waals surface area contributed by atoms with Gasteiger partial charge in [0.2, 0.25) is 5.91 Å². The van der Waals surface area contributed by atoms with E-state index in [9.17, 15) is 14.4 Å². The van der Waals surface area contributed by atoms with Crippen molar-refractivity contribution in [3.63, 3.8) is 0 Å². The molecule has 0 aromatic carbocycles. The van der Waals surface area contributed by atoms with Gasteiger partial charge in [0.05, 0.1) is 12.5 Å². The van der Waals surface area contributed by atoms with Crippen LogP contribution < -0.4 is 11.1 Å². The highest BCUT2D eigenvalue weighted by Crippen LogP contribution is 1.96. The average molecular weight is 230 g/mol. The quantitative estimate of drug-likeness (QED) is 0.412. The number of nitrogens with one attached hydrogen (secondary N) is 1. The normalized spacial score (nSPS) is 13.6. The van der Waals surface area contributed by atoms with Crippen molar-refractivity contribution in [3.8, 4) is 0 Å². The van der Waals surface area contributed by atoms with E-state index >= 15 is 0 Å². The summed E-state index contributed by atoms with van der Waals surface area (Å²) in [4.78, 5) is 32.2. The third-order valence-corrected chi connectivity index (χ3v) is 1.75. The van der Waals surface area contributed by atoms with Crippen molar-refractivity contribution in [2.45, 2.75) is 24.9 Å². The summed E-state index contributed by atoms with van der Waals surface area (Å²) in [5.41, 5.74) is 5.38. The fourth-order valence-corrected chi connectivity index (χ4v) is 0.940. The summed E-state index contributed by atoms with van der Waals surface area (Å²) in [6, 6.07) is -2.39. The smallest absolute Gasteiger partial charge is 0.326 e. The second-order valence-corrected chi connectivity index (χ2v) is 3.13. The first-order valence-corrected chi connectivity index (χ1v) is 4.50. The van der Waals surface area contributed by atoms with E-state index < -0.39 is 36.4 Å². The molecule has 0 aliphatic rings. The molecule has 0 aliphatic heterocycles. The molecule has 0 bridgehead atoms. The van der Waals surface area contributed by atoms with E-state index in [0.717, 1.165) is 0 Å². The highest BCUT2D eigenvalue weighted by Gasteiger charge is 2.24. The van der Waals surface area contributed by atoms with Crippen LogP contribution in [0.1, 0.15) is 12.8 Å². The van der Waals surface area contributed by atoms with Gasteiger partial charge in [-0.3, -0.25) is 9.59 Å². The van der Waals surface area contributed by atoms with Crippen molar-refractivity contribution in [1.82, 2.24) is 5.32 Å². The number of carbonyl (C=O) groups excluding carboxylic acids is 1. The van der Waals surface area contributed by atoms with Crippen molar-refractivity contribution < 1.29 is 24.6 Å². The molecule has 7 heteroatoms. The lowest BCUT2D eigenvalue weighted by Gasteiger charge is -2.15. The lowest BCUT2D eigenvalue weighted by Crippen LogP contribution is -2.49. The van der Waals surface area contributed by atoms with Crippen LogP contribution in [-0.4, -0.2) is 40.1 Å². The van der Waals surface area contributed by atoms with Crippen LogP contribution in [0, 0.1) is 0 Å². The van der Waals surface area contributed by atoms with Crippen LogP contribution in [0.4, 0.5) is 0 Å². The summed E-state index contributed by atoms with van der Waals surface area (Å²) in [5.74, 6) is -3.44. The molecule has 0 rings (SSSR count). The summed E-state index contributed by atoms with van der Waals surface area (Å²) < 4.78 is 0. The van der Waals surface area contributed by atoms with E-state index in [1.807, 2.05) is 5.32 Å². The number of aliphatic carboxylic acids is 2. The maximum Gasteiger partial charge on any atom is 0.326 e. The van der Waals surface area contributed by atoms with Crippen LogP contribution in [0.2, 0.25) is 0 Å². The number of carbonyl (C=O) groups is 3. The Balaban J connectivity index is 4.39. The molecule has 2 atom stereocenters. The van der Waals surface area contributed by atoms with Gasteiger partial charge in [-0.1, -0.05) is 6.08 Å². The standard InChI is InChI=1S/C9H14N2O5/c1-2-3-5(10)8(14)11-6(9(15)16)4-7(12)13/h2,5-6H,1,3-4,10H2,(H,11,14)(H,12,13)(H,15,16). The molecule has 0 heterocycles. The Morgan fingerprint density at radius 3 is 2.31 bits per heavy atom. The SMILES string of the molecule is C=CCC(N)C(=O)NC(CC(=O)O)C(=O)O. The molecule has 0 aromatic rings. The van der Waals surface area contributed by atoms with Crippen LogP contribution >= 0.6 is 0 Å². The molecule has 0 fully saturated rings. The molecule has 0 saturated heterocycles. The molecule has 2 unspecified atom stereocenters. The molecule has 5 N–H and O–H groups in total. The number of carboxylic acids is 2. The molecule has 7 nitrogen and oxygen atoms in total. The Hall–Kier alpha value is -1.89.